The molecule has 0 bridgehead atoms. The molecule has 0 aromatic heterocycles. The lowest BCUT2D eigenvalue weighted by atomic mass is 10.0. The molecule has 0 aliphatic carbocycles. The van der Waals surface area contributed by atoms with Gasteiger partial charge in [-0.3, -0.25) is 9.69 Å². The van der Waals surface area contributed by atoms with Gasteiger partial charge in [-0.15, -0.1) is 24.8 Å². The van der Waals surface area contributed by atoms with Gasteiger partial charge in [0, 0.05) is 25.7 Å². The van der Waals surface area contributed by atoms with Gasteiger partial charge >= 0.3 is 0 Å². The van der Waals surface area contributed by atoms with E-state index in [9.17, 15) is 4.79 Å². The minimum absolute atomic E-state index is 0. The first-order valence-electron chi connectivity index (χ1n) is 8.88. The van der Waals surface area contributed by atoms with Crippen molar-refractivity contribution in [3.63, 3.8) is 0 Å². The van der Waals surface area contributed by atoms with Gasteiger partial charge < -0.3 is 20.5 Å². The van der Waals surface area contributed by atoms with Crippen LogP contribution in [0.5, 0.6) is 5.75 Å². The highest BCUT2D eigenvalue weighted by molar-refractivity contribution is 6.33. The first-order valence-corrected chi connectivity index (χ1v) is 9.26. The number of carbonyl (C=O) groups is 1. The molecule has 1 saturated heterocycles. The Labute approximate surface area is 188 Å². The number of nitrogens with zero attached hydrogens (tertiary/aromatic N) is 1. The molecule has 0 saturated carbocycles. The molecular formula is C20H26Cl3N3O3. The first-order chi connectivity index (χ1) is 13.1. The summed E-state index contributed by atoms with van der Waals surface area (Å²) >= 11 is 6.08. The van der Waals surface area contributed by atoms with Gasteiger partial charge in [-0.1, -0.05) is 41.9 Å². The van der Waals surface area contributed by atoms with Crippen LogP contribution in [-0.4, -0.2) is 50.8 Å². The zero-order valence-electron chi connectivity index (χ0n) is 16.1. The van der Waals surface area contributed by atoms with Crippen LogP contribution in [0.4, 0.5) is 5.69 Å². The number of carbonyl (C=O) groups excluding carboxylic acids is 1. The Morgan fingerprint density at radius 3 is 2.52 bits per heavy atom. The fourth-order valence-electron chi connectivity index (χ4n) is 3.22. The van der Waals surface area contributed by atoms with E-state index in [0.717, 1.165) is 18.7 Å². The predicted octanol–water partition coefficient (Wildman–Crippen LogP) is 3.58. The lowest BCUT2D eigenvalue weighted by Gasteiger charge is -2.35. The number of benzene rings is 2. The molecule has 1 aliphatic rings. The van der Waals surface area contributed by atoms with Crippen LogP contribution in [0.2, 0.25) is 5.02 Å². The Kier molecular flexibility index (Phi) is 10.6. The second-order valence-corrected chi connectivity index (χ2v) is 6.77. The van der Waals surface area contributed by atoms with Crippen molar-refractivity contribution >= 4 is 48.0 Å². The number of hydrogen-bond donors (Lipinski definition) is 2. The van der Waals surface area contributed by atoms with Crippen LogP contribution >= 0.6 is 36.4 Å². The molecule has 1 atom stereocenters. The Morgan fingerprint density at radius 2 is 1.90 bits per heavy atom. The molecule has 9 heteroatoms. The number of rotatable bonds is 6. The molecule has 29 heavy (non-hydrogen) atoms. The van der Waals surface area contributed by atoms with E-state index in [4.69, 9.17) is 26.8 Å². The summed E-state index contributed by atoms with van der Waals surface area (Å²) in [5.41, 5.74) is 7.70. The van der Waals surface area contributed by atoms with Gasteiger partial charge in [0.05, 0.1) is 42.6 Å². The molecule has 3 N–H and O–H groups in total. The maximum absolute atomic E-state index is 12.8. The minimum atomic E-state index is -0.247. The second-order valence-electron chi connectivity index (χ2n) is 6.36. The van der Waals surface area contributed by atoms with Crippen molar-refractivity contribution in [1.82, 2.24) is 10.2 Å². The van der Waals surface area contributed by atoms with E-state index in [0.29, 0.717) is 41.8 Å². The Morgan fingerprint density at radius 1 is 1.24 bits per heavy atom. The normalized spacial score (nSPS) is 14.8. The molecule has 0 radical (unpaired) electrons. The fraction of sp³-hybridized carbons (Fsp3) is 0.350. The Hall–Kier alpha value is -1.70. The molecule has 3 rings (SSSR count). The number of nitrogens with two attached hydrogens (primary N) is 1. The number of amides is 1. The summed E-state index contributed by atoms with van der Waals surface area (Å²) in [4.78, 5) is 15.1. The third-order valence-corrected chi connectivity index (χ3v) is 5.02. The van der Waals surface area contributed by atoms with Crippen LogP contribution in [-0.2, 0) is 4.74 Å². The number of methoxy groups -OCH3 is 1. The van der Waals surface area contributed by atoms with E-state index in [1.54, 1.807) is 6.07 Å². The highest BCUT2D eigenvalue weighted by Gasteiger charge is 2.24. The maximum atomic E-state index is 12.8. The van der Waals surface area contributed by atoms with E-state index in [1.165, 1.54) is 13.2 Å². The zero-order valence-corrected chi connectivity index (χ0v) is 18.5. The van der Waals surface area contributed by atoms with Gasteiger partial charge in [-0.25, -0.2) is 0 Å². The van der Waals surface area contributed by atoms with Crippen molar-refractivity contribution in [2.24, 2.45) is 0 Å². The van der Waals surface area contributed by atoms with Crippen LogP contribution in [0, 0.1) is 0 Å². The molecule has 0 spiro atoms. The van der Waals surface area contributed by atoms with Crippen LogP contribution < -0.4 is 15.8 Å². The standard InChI is InChI=1S/C20H24ClN3O3.2ClH/c1-26-19-12-17(22)16(21)11-15(19)20(25)23-13-18(14-5-3-2-4-6-14)24-7-9-27-10-8-24;;/h2-6,11-12,18H,7-10,13,22H2,1H3,(H,23,25);2*1H. The van der Waals surface area contributed by atoms with Crippen LogP contribution in [0.25, 0.3) is 0 Å². The van der Waals surface area contributed by atoms with Gasteiger partial charge in [-0.05, 0) is 11.6 Å². The average Bonchev–Trinajstić information content (AvgIpc) is 2.71. The summed E-state index contributed by atoms with van der Waals surface area (Å²) in [7, 11) is 1.50. The van der Waals surface area contributed by atoms with Gasteiger partial charge in [0.25, 0.3) is 5.91 Å². The quantitative estimate of drug-likeness (QED) is 0.642. The minimum Gasteiger partial charge on any atom is -0.496 e. The zero-order chi connectivity index (χ0) is 19.2. The van der Waals surface area contributed by atoms with Gasteiger partial charge in [0.1, 0.15) is 5.75 Å². The van der Waals surface area contributed by atoms with Crippen LogP contribution in [0.1, 0.15) is 22.0 Å². The van der Waals surface area contributed by atoms with Crippen molar-refractivity contribution in [3.05, 3.63) is 58.6 Å². The third-order valence-electron chi connectivity index (χ3n) is 4.69. The van der Waals surface area contributed by atoms with Gasteiger partial charge in [0.15, 0.2) is 0 Å². The topological polar surface area (TPSA) is 76.8 Å². The lowest BCUT2D eigenvalue weighted by molar-refractivity contribution is 0.0162. The molecular weight excluding hydrogens is 437 g/mol. The summed E-state index contributed by atoms with van der Waals surface area (Å²) in [5, 5.41) is 3.34. The molecule has 6 nitrogen and oxygen atoms in total. The molecule has 1 heterocycles. The van der Waals surface area contributed by atoms with Crippen molar-refractivity contribution in [2.45, 2.75) is 6.04 Å². The van der Waals surface area contributed by atoms with E-state index in [-0.39, 0.29) is 36.8 Å². The summed E-state index contributed by atoms with van der Waals surface area (Å²) in [5.74, 6) is 0.153. The lowest BCUT2D eigenvalue weighted by Crippen LogP contribution is -2.43. The first kappa shape index (κ1) is 25.3. The maximum Gasteiger partial charge on any atom is 0.255 e. The fourth-order valence-corrected chi connectivity index (χ4v) is 3.39. The molecule has 1 unspecified atom stereocenters. The third kappa shape index (κ3) is 6.39. The molecule has 2 aromatic rings. The summed E-state index contributed by atoms with van der Waals surface area (Å²) in [6.45, 7) is 3.50. The highest BCUT2D eigenvalue weighted by Crippen LogP contribution is 2.29. The molecule has 160 valence electrons. The van der Waals surface area contributed by atoms with Crippen LogP contribution in [0.3, 0.4) is 0 Å². The largest absolute Gasteiger partial charge is 0.496 e. The van der Waals surface area contributed by atoms with Gasteiger partial charge in [-0.2, -0.15) is 0 Å². The highest BCUT2D eigenvalue weighted by atomic mass is 35.5. The number of anilines is 1. The van der Waals surface area contributed by atoms with E-state index in [1.807, 2.05) is 18.2 Å². The van der Waals surface area contributed by atoms with Crippen molar-refractivity contribution in [1.29, 1.82) is 0 Å². The number of halogens is 3. The van der Waals surface area contributed by atoms with Crippen molar-refractivity contribution in [3.8, 4) is 5.75 Å². The smallest absolute Gasteiger partial charge is 0.255 e. The SMILES string of the molecule is COc1cc(N)c(Cl)cc1C(=O)NCC(c1ccccc1)N1CCOCC1.Cl.Cl. The number of morpholine rings is 1. The Bertz CT molecular complexity index is 787. The molecule has 1 aliphatic heterocycles. The predicted molar refractivity (Wildman–Crippen MR) is 121 cm³/mol. The number of nitrogen functional groups attached to an aromatic ring is 1. The number of hydrogen-bond acceptors (Lipinski definition) is 5. The van der Waals surface area contributed by atoms with Crippen LogP contribution in [0.15, 0.2) is 42.5 Å². The molecule has 1 amide bonds. The molecule has 2 aromatic carbocycles. The number of nitrogens with one attached hydrogen (secondary N) is 1. The number of ether oxygens (including phenoxy) is 2. The van der Waals surface area contributed by atoms with E-state index in [2.05, 4.69) is 22.3 Å². The van der Waals surface area contributed by atoms with Gasteiger partial charge in [0.2, 0.25) is 0 Å². The van der Waals surface area contributed by atoms with E-state index >= 15 is 0 Å². The summed E-state index contributed by atoms with van der Waals surface area (Å²) < 4.78 is 10.7. The average molecular weight is 463 g/mol. The summed E-state index contributed by atoms with van der Waals surface area (Å²) in [6.07, 6.45) is 0. The monoisotopic (exact) mass is 461 g/mol. The van der Waals surface area contributed by atoms with Crippen molar-refractivity contribution < 1.29 is 14.3 Å². The molecule has 1 fully saturated rings. The van der Waals surface area contributed by atoms with E-state index < -0.39 is 0 Å². The Balaban J connectivity index is 0.00000210. The van der Waals surface area contributed by atoms with Crippen molar-refractivity contribution in [2.75, 3.05) is 45.7 Å². The second kappa shape index (κ2) is 12.1. The summed E-state index contributed by atoms with van der Waals surface area (Å²) in [6, 6.07) is 13.3.